The fourth-order valence-corrected chi connectivity index (χ4v) is 2.90. The minimum Gasteiger partial charge on any atom is -0.379 e. The molecule has 4 heterocycles. The second-order valence-corrected chi connectivity index (χ2v) is 5.69. The first-order valence-corrected chi connectivity index (χ1v) is 7.91. The second-order valence-electron chi connectivity index (χ2n) is 5.69. The number of rotatable bonds is 4. The standard InChI is InChI=1S/C17H19N5O/c1-3-18-4-2-14(1)15-11-16-17(19-12-15)20-13-22(16)6-5-21-7-9-23-10-8-21/h1-4,11-13H,5-10H2. The third-order valence-corrected chi connectivity index (χ3v) is 4.25. The molecule has 0 N–H and O–H groups in total. The Morgan fingerprint density at radius 3 is 2.65 bits per heavy atom. The maximum atomic E-state index is 5.40. The number of pyridine rings is 2. The van der Waals surface area contributed by atoms with Gasteiger partial charge in [-0.25, -0.2) is 9.97 Å². The van der Waals surface area contributed by atoms with Crippen LogP contribution in [0.15, 0.2) is 43.1 Å². The van der Waals surface area contributed by atoms with Gasteiger partial charge in [0.25, 0.3) is 0 Å². The summed E-state index contributed by atoms with van der Waals surface area (Å²) >= 11 is 0. The molecule has 0 bridgehead atoms. The molecular formula is C17H19N5O. The Balaban J connectivity index is 1.57. The van der Waals surface area contributed by atoms with Crippen LogP contribution in [0.5, 0.6) is 0 Å². The molecule has 0 unspecified atom stereocenters. The van der Waals surface area contributed by atoms with Crippen LogP contribution in [-0.2, 0) is 11.3 Å². The molecule has 3 aromatic rings. The van der Waals surface area contributed by atoms with Crippen LogP contribution in [0.25, 0.3) is 22.3 Å². The average molecular weight is 309 g/mol. The molecule has 23 heavy (non-hydrogen) atoms. The molecule has 0 atom stereocenters. The van der Waals surface area contributed by atoms with Gasteiger partial charge in [-0.05, 0) is 23.8 Å². The summed E-state index contributed by atoms with van der Waals surface area (Å²) in [6, 6.07) is 6.15. The zero-order valence-corrected chi connectivity index (χ0v) is 12.9. The zero-order valence-electron chi connectivity index (χ0n) is 12.9. The van der Waals surface area contributed by atoms with E-state index in [2.05, 4.69) is 30.5 Å². The Morgan fingerprint density at radius 1 is 1.00 bits per heavy atom. The van der Waals surface area contributed by atoms with Crippen LogP contribution in [-0.4, -0.2) is 57.3 Å². The number of imidazole rings is 1. The van der Waals surface area contributed by atoms with Gasteiger partial charge < -0.3 is 9.30 Å². The molecule has 0 radical (unpaired) electrons. The SMILES string of the molecule is c1cc(-c2cnc3ncn(CCN4CCOCC4)c3c2)ccn1. The van der Waals surface area contributed by atoms with Crippen molar-refractivity contribution >= 4 is 11.2 Å². The van der Waals surface area contributed by atoms with Gasteiger partial charge in [-0.15, -0.1) is 0 Å². The number of hydrogen-bond acceptors (Lipinski definition) is 5. The number of fused-ring (bicyclic) bond motifs is 1. The van der Waals surface area contributed by atoms with Crippen molar-refractivity contribution in [1.29, 1.82) is 0 Å². The first-order valence-electron chi connectivity index (χ1n) is 7.91. The first-order chi connectivity index (χ1) is 11.4. The van der Waals surface area contributed by atoms with E-state index in [4.69, 9.17) is 4.74 Å². The van der Waals surface area contributed by atoms with E-state index >= 15 is 0 Å². The normalized spacial score (nSPS) is 16.0. The van der Waals surface area contributed by atoms with Gasteiger partial charge in [-0.1, -0.05) is 0 Å². The van der Waals surface area contributed by atoms with Gasteiger partial charge in [-0.3, -0.25) is 9.88 Å². The summed E-state index contributed by atoms with van der Waals surface area (Å²) in [7, 11) is 0. The molecule has 0 saturated carbocycles. The number of morpholine rings is 1. The van der Waals surface area contributed by atoms with Crippen molar-refractivity contribution in [1.82, 2.24) is 24.4 Å². The van der Waals surface area contributed by atoms with Crippen LogP contribution in [0, 0.1) is 0 Å². The number of aromatic nitrogens is 4. The fraction of sp³-hybridized carbons (Fsp3) is 0.353. The molecule has 1 saturated heterocycles. The highest BCUT2D eigenvalue weighted by atomic mass is 16.5. The smallest absolute Gasteiger partial charge is 0.177 e. The monoisotopic (exact) mass is 309 g/mol. The van der Waals surface area contributed by atoms with E-state index in [1.54, 1.807) is 12.4 Å². The van der Waals surface area contributed by atoms with Crippen LogP contribution < -0.4 is 0 Å². The highest BCUT2D eigenvalue weighted by Crippen LogP contribution is 2.21. The molecule has 1 fully saturated rings. The molecule has 0 amide bonds. The van der Waals surface area contributed by atoms with Gasteiger partial charge in [0.05, 0.1) is 25.1 Å². The molecule has 1 aliphatic rings. The van der Waals surface area contributed by atoms with E-state index in [1.165, 1.54) is 0 Å². The van der Waals surface area contributed by atoms with Crippen molar-refractivity contribution in [3.8, 4) is 11.1 Å². The van der Waals surface area contributed by atoms with E-state index < -0.39 is 0 Å². The van der Waals surface area contributed by atoms with E-state index in [1.807, 2.05) is 24.7 Å². The van der Waals surface area contributed by atoms with Crippen LogP contribution >= 0.6 is 0 Å². The molecule has 0 aliphatic carbocycles. The Kier molecular flexibility index (Phi) is 4.00. The minimum atomic E-state index is 0.796. The van der Waals surface area contributed by atoms with Crippen molar-refractivity contribution in [2.24, 2.45) is 0 Å². The predicted molar refractivity (Wildman–Crippen MR) is 88.0 cm³/mol. The van der Waals surface area contributed by atoms with Gasteiger partial charge >= 0.3 is 0 Å². The molecule has 6 nitrogen and oxygen atoms in total. The molecule has 4 rings (SSSR count). The quantitative estimate of drug-likeness (QED) is 0.736. The summed E-state index contributed by atoms with van der Waals surface area (Å²) in [6.45, 7) is 5.60. The lowest BCUT2D eigenvalue weighted by Gasteiger charge is -2.26. The van der Waals surface area contributed by atoms with Gasteiger partial charge in [0.15, 0.2) is 5.65 Å². The highest BCUT2D eigenvalue weighted by Gasteiger charge is 2.11. The number of nitrogens with zero attached hydrogens (tertiary/aromatic N) is 5. The van der Waals surface area contributed by atoms with Crippen molar-refractivity contribution < 1.29 is 4.74 Å². The van der Waals surface area contributed by atoms with Crippen molar-refractivity contribution in [3.05, 3.63) is 43.1 Å². The molecule has 0 aromatic carbocycles. The second kappa shape index (κ2) is 6.44. The summed E-state index contributed by atoms with van der Waals surface area (Å²) in [4.78, 5) is 15.4. The maximum Gasteiger partial charge on any atom is 0.177 e. The predicted octanol–water partition coefficient (Wildman–Crippen LogP) is 1.83. The Morgan fingerprint density at radius 2 is 1.83 bits per heavy atom. The van der Waals surface area contributed by atoms with Crippen LogP contribution in [0.2, 0.25) is 0 Å². The van der Waals surface area contributed by atoms with E-state index in [-0.39, 0.29) is 0 Å². The van der Waals surface area contributed by atoms with E-state index in [9.17, 15) is 0 Å². The van der Waals surface area contributed by atoms with Crippen molar-refractivity contribution in [2.75, 3.05) is 32.8 Å². The summed E-state index contributed by atoms with van der Waals surface area (Å²) in [6.07, 6.45) is 7.36. The molecule has 6 heteroatoms. The lowest BCUT2D eigenvalue weighted by Crippen LogP contribution is -2.38. The van der Waals surface area contributed by atoms with Gasteiger partial charge in [0.1, 0.15) is 0 Å². The first kappa shape index (κ1) is 14.3. The summed E-state index contributed by atoms with van der Waals surface area (Å²) in [5.74, 6) is 0. The Bertz CT molecular complexity index is 780. The third kappa shape index (κ3) is 3.09. The topological polar surface area (TPSA) is 56.1 Å². The Hall–Kier alpha value is -2.31. The molecule has 0 spiro atoms. The largest absolute Gasteiger partial charge is 0.379 e. The third-order valence-electron chi connectivity index (χ3n) is 4.25. The summed E-state index contributed by atoms with van der Waals surface area (Å²) in [5.41, 5.74) is 4.08. The zero-order chi connectivity index (χ0) is 15.5. The Labute approximate surface area is 134 Å². The average Bonchev–Trinajstić information content (AvgIpc) is 3.04. The van der Waals surface area contributed by atoms with Crippen LogP contribution in [0.3, 0.4) is 0 Å². The van der Waals surface area contributed by atoms with E-state index in [0.717, 1.165) is 61.7 Å². The lowest BCUT2D eigenvalue weighted by atomic mass is 10.1. The molecule has 1 aliphatic heterocycles. The van der Waals surface area contributed by atoms with Gasteiger partial charge in [0, 0.05) is 50.3 Å². The summed E-state index contributed by atoms with van der Waals surface area (Å²) < 4.78 is 7.58. The van der Waals surface area contributed by atoms with Gasteiger partial charge in [-0.2, -0.15) is 0 Å². The maximum absolute atomic E-state index is 5.40. The highest BCUT2D eigenvalue weighted by molar-refractivity contribution is 5.78. The van der Waals surface area contributed by atoms with E-state index in [0.29, 0.717) is 0 Å². The lowest BCUT2D eigenvalue weighted by molar-refractivity contribution is 0.0365. The molecule has 118 valence electrons. The van der Waals surface area contributed by atoms with Crippen LogP contribution in [0.4, 0.5) is 0 Å². The van der Waals surface area contributed by atoms with Crippen molar-refractivity contribution in [2.45, 2.75) is 6.54 Å². The number of ether oxygens (including phenoxy) is 1. The molecule has 3 aromatic heterocycles. The molecular weight excluding hydrogens is 290 g/mol. The van der Waals surface area contributed by atoms with Crippen molar-refractivity contribution in [3.63, 3.8) is 0 Å². The van der Waals surface area contributed by atoms with Crippen LogP contribution in [0.1, 0.15) is 0 Å². The van der Waals surface area contributed by atoms with Gasteiger partial charge in [0.2, 0.25) is 0 Å². The summed E-state index contributed by atoms with van der Waals surface area (Å²) in [5, 5.41) is 0. The fourth-order valence-electron chi connectivity index (χ4n) is 2.90. The minimum absolute atomic E-state index is 0.796. The number of hydrogen-bond donors (Lipinski definition) is 0.